The number of amides is 1. The molecule has 2 saturated heterocycles. The van der Waals surface area contributed by atoms with Crippen molar-refractivity contribution < 1.29 is 23.8 Å². The van der Waals surface area contributed by atoms with Crippen LogP contribution < -0.4 is 4.74 Å². The van der Waals surface area contributed by atoms with E-state index in [0.717, 1.165) is 61.5 Å². The first-order valence-corrected chi connectivity index (χ1v) is 13.1. The lowest BCUT2D eigenvalue weighted by molar-refractivity contribution is -0.0162. The zero-order valence-electron chi connectivity index (χ0n) is 21.5. The summed E-state index contributed by atoms with van der Waals surface area (Å²) in [5, 5.41) is 11.8. The molecule has 0 saturated carbocycles. The van der Waals surface area contributed by atoms with Crippen LogP contribution in [0.5, 0.6) is 5.75 Å². The second-order valence-corrected chi connectivity index (χ2v) is 10.8. The Labute approximate surface area is 216 Å². The number of nitrogens with zero attached hydrogens (tertiary/aromatic N) is 3. The molecule has 0 unspecified atom stereocenters. The number of benzene rings is 2. The van der Waals surface area contributed by atoms with Gasteiger partial charge in [0.1, 0.15) is 11.6 Å². The van der Waals surface area contributed by atoms with Crippen molar-refractivity contribution in [3.63, 3.8) is 0 Å². The van der Waals surface area contributed by atoms with Crippen molar-refractivity contribution in [2.24, 2.45) is 13.0 Å². The number of carbonyl (C=O) groups excluding carboxylic acids is 1. The smallest absolute Gasteiger partial charge is 0.254 e. The van der Waals surface area contributed by atoms with Crippen molar-refractivity contribution in [1.82, 2.24) is 14.4 Å². The molecule has 7 nitrogen and oxygen atoms in total. The average Bonchev–Trinajstić information content (AvgIpc) is 3.19. The molecule has 3 aliphatic heterocycles. The molecule has 37 heavy (non-hydrogen) atoms. The van der Waals surface area contributed by atoms with Crippen molar-refractivity contribution in [2.45, 2.75) is 24.3 Å². The van der Waals surface area contributed by atoms with Crippen molar-refractivity contribution in [3.05, 3.63) is 65.1 Å². The van der Waals surface area contributed by atoms with Gasteiger partial charge < -0.3 is 24.0 Å². The lowest BCUT2D eigenvalue weighted by Gasteiger charge is -2.56. The number of hydrogen-bond acceptors (Lipinski definition) is 5. The van der Waals surface area contributed by atoms with E-state index in [1.54, 1.807) is 19.2 Å². The van der Waals surface area contributed by atoms with Crippen LogP contribution in [0.4, 0.5) is 4.39 Å². The third kappa shape index (κ3) is 4.02. The molecule has 2 aromatic carbocycles. The van der Waals surface area contributed by atoms with Crippen LogP contribution in [0.15, 0.2) is 42.5 Å². The molecule has 1 aromatic heterocycles. The molecule has 196 valence electrons. The molecule has 1 amide bonds. The van der Waals surface area contributed by atoms with Gasteiger partial charge in [0.25, 0.3) is 5.91 Å². The quantitative estimate of drug-likeness (QED) is 0.573. The zero-order chi connectivity index (χ0) is 25.7. The van der Waals surface area contributed by atoms with E-state index in [9.17, 15) is 14.3 Å². The van der Waals surface area contributed by atoms with Gasteiger partial charge in [-0.1, -0.05) is 6.07 Å². The predicted molar refractivity (Wildman–Crippen MR) is 138 cm³/mol. The number of halogens is 1. The topological polar surface area (TPSA) is 67.2 Å². The number of ether oxygens (including phenoxy) is 2. The van der Waals surface area contributed by atoms with E-state index >= 15 is 0 Å². The Kier molecular flexibility index (Phi) is 6.21. The fourth-order valence-corrected chi connectivity index (χ4v) is 6.81. The summed E-state index contributed by atoms with van der Waals surface area (Å²) in [7, 11) is 3.72. The number of aliphatic hydroxyl groups excluding tert-OH is 1. The normalized spacial score (nSPS) is 21.7. The van der Waals surface area contributed by atoms with Gasteiger partial charge in [0.2, 0.25) is 0 Å². The summed E-state index contributed by atoms with van der Waals surface area (Å²) in [5.74, 6) is 0.753. The van der Waals surface area contributed by atoms with E-state index in [1.807, 2.05) is 17.0 Å². The third-order valence-electron chi connectivity index (χ3n) is 8.60. The van der Waals surface area contributed by atoms with Gasteiger partial charge in [-0.05, 0) is 54.7 Å². The van der Waals surface area contributed by atoms with Gasteiger partial charge in [-0.2, -0.15) is 0 Å². The molecule has 3 aliphatic rings. The van der Waals surface area contributed by atoms with E-state index < -0.39 is 5.82 Å². The van der Waals surface area contributed by atoms with Crippen LogP contribution in [0.25, 0.3) is 10.9 Å². The van der Waals surface area contributed by atoms with Gasteiger partial charge in [-0.3, -0.25) is 9.69 Å². The number of aromatic nitrogens is 1. The van der Waals surface area contributed by atoms with Crippen LogP contribution in [0, 0.1) is 11.7 Å². The minimum absolute atomic E-state index is 0.0273. The highest BCUT2D eigenvalue weighted by molar-refractivity contribution is 5.96. The largest absolute Gasteiger partial charge is 0.497 e. The molecule has 0 radical (unpaired) electrons. The average molecular weight is 508 g/mol. The number of hydrogen-bond donors (Lipinski definition) is 1. The fraction of sp³-hybridized carbons (Fsp3) is 0.483. The Hall–Kier alpha value is -2.94. The molecule has 8 heteroatoms. The molecule has 0 bridgehead atoms. The van der Waals surface area contributed by atoms with E-state index in [2.05, 4.69) is 22.6 Å². The van der Waals surface area contributed by atoms with Gasteiger partial charge in [0.15, 0.2) is 0 Å². The Morgan fingerprint density at radius 3 is 2.65 bits per heavy atom. The van der Waals surface area contributed by atoms with Gasteiger partial charge in [0.05, 0.1) is 25.3 Å². The van der Waals surface area contributed by atoms with Crippen LogP contribution in [0.3, 0.4) is 0 Å². The minimum atomic E-state index is -0.405. The monoisotopic (exact) mass is 507 g/mol. The van der Waals surface area contributed by atoms with E-state index in [1.165, 1.54) is 17.7 Å². The maximum absolute atomic E-state index is 13.8. The number of likely N-dealkylation sites (tertiary alicyclic amines) is 1. The number of carbonyl (C=O) groups is 1. The van der Waals surface area contributed by atoms with Crippen molar-refractivity contribution in [3.8, 4) is 5.75 Å². The van der Waals surface area contributed by atoms with E-state index in [4.69, 9.17) is 9.47 Å². The summed E-state index contributed by atoms with van der Waals surface area (Å²) in [6.45, 7) is 4.36. The van der Waals surface area contributed by atoms with Crippen molar-refractivity contribution >= 4 is 16.8 Å². The number of aryl methyl sites for hydroxylation is 1. The van der Waals surface area contributed by atoms with Gasteiger partial charge in [0, 0.05) is 74.6 Å². The van der Waals surface area contributed by atoms with Gasteiger partial charge in [-0.25, -0.2) is 4.39 Å². The summed E-state index contributed by atoms with van der Waals surface area (Å²) < 4.78 is 27.1. The first-order valence-electron chi connectivity index (χ1n) is 13.1. The zero-order valence-corrected chi connectivity index (χ0v) is 21.5. The first kappa shape index (κ1) is 24.4. The molecule has 1 spiro atoms. The fourth-order valence-electron chi connectivity index (χ4n) is 6.81. The lowest BCUT2D eigenvalue weighted by Crippen LogP contribution is -2.68. The van der Waals surface area contributed by atoms with Crippen LogP contribution in [0.2, 0.25) is 0 Å². The molecule has 1 N–H and O–H groups in total. The summed E-state index contributed by atoms with van der Waals surface area (Å²) >= 11 is 0. The Bertz CT molecular complexity index is 1330. The third-order valence-corrected chi connectivity index (χ3v) is 8.60. The summed E-state index contributed by atoms with van der Waals surface area (Å²) in [5.41, 5.74) is 3.51. The highest BCUT2D eigenvalue weighted by Gasteiger charge is 2.54. The molecule has 6 rings (SSSR count). The summed E-state index contributed by atoms with van der Waals surface area (Å²) in [4.78, 5) is 17.5. The highest BCUT2D eigenvalue weighted by atomic mass is 19.1. The lowest BCUT2D eigenvalue weighted by atomic mass is 9.68. The standard InChI is InChI=1S/C29H34FN3O4/c1-31-24-13-22(36-2)6-7-23(24)26-27(31)25(15-34)32(14-19-8-10-37-11-9-19)16-29(26)17-33(18-29)28(35)20-4-3-5-21(30)12-20/h3-7,12-13,19,25,34H,8-11,14-18H2,1-2H3/t25-/m1/s1. The number of methoxy groups -OCH3 is 1. The van der Waals surface area contributed by atoms with Crippen LogP contribution in [0.1, 0.15) is 40.5 Å². The molecular formula is C29H34FN3O4. The molecule has 0 aliphatic carbocycles. The Morgan fingerprint density at radius 1 is 1.16 bits per heavy atom. The summed E-state index contributed by atoms with van der Waals surface area (Å²) in [6, 6.07) is 11.9. The van der Waals surface area contributed by atoms with Crippen LogP contribution >= 0.6 is 0 Å². The van der Waals surface area contributed by atoms with Gasteiger partial charge in [-0.15, -0.1) is 0 Å². The number of rotatable bonds is 5. The SMILES string of the molecule is COc1ccc2c3c(n(C)c2c1)[C@@H](CO)N(CC1CCOCC1)CC31CN(C(=O)c2cccc(F)c2)C1. The number of fused-ring (bicyclic) bond motifs is 4. The number of aliphatic hydroxyl groups is 1. The van der Waals surface area contributed by atoms with E-state index in [-0.39, 0.29) is 24.0 Å². The molecule has 2 fully saturated rings. The van der Waals surface area contributed by atoms with Crippen molar-refractivity contribution in [1.29, 1.82) is 0 Å². The van der Waals surface area contributed by atoms with Crippen LogP contribution in [-0.2, 0) is 17.2 Å². The molecular weight excluding hydrogens is 473 g/mol. The van der Waals surface area contributed by atoms with E-state index in [0.29, 0.717) is 24.6 Å². The van der Waals surface area contributed by atoms with Crippen molar-refractivity contribution in [2.75, 3.05) is 53.1 Å². The molecule has 3 aromatic rings. The van der Waals surface area contributed by atoms with Crippen LogP contribution in [-0.4, -0.2) is 78.5 Å². The Morgan fingerprint density at radius 2 is 1.95 bits per heavy atom. The second kappa shape index (κ2) is 9.42. The Balaban J connectivity index is 1.41. The highest BCUT2D eigenvalue weighted by Crippen LogP contribution is 2.50. The molecule has 4 heterocycles. The van der Waals surface area contributed by atoms with Gasteiger partial charge >= 0.3 is 0 Å². The summed E-state index contributed by atoms with van der Waals surface area (Å²) in [6.07, 6.45) is 2.04. The predicted octanol–water partition coefficient (Wildman–Crippen LogP) is 3.50. The molecule has 1 atom stereocenters. The second-order valence-electron chi connectivity index (χ2n) is 10.8. The minimum Gasteiger partial charge on any atom is -0.497 e. The first-order chi connectivity index (χ1) is 17.9. The maximum Gasteiger partial charge on any atom is 0.254 e. The maximum atomic E-state index is 13.8.